The lowest BCUT2D eigenvalue weighted by Crippen LogP contribution is -2.52. The normalized spacial score (nSPS) is 24.4. The van der Waals surface area contributed by atoms with E-state index in [2.05, 4.69) is 33.5 Å². The summed E-state index contributed by atoms with van der Waals surface area (Å²) in [6.45, 7) is 15.8. The summed E-state index contributed by atoms with van der Waals surface area (Å²) in [7, 11) is -0.723. The van der Waals surface area contributed by atoms with E-state index in [0.717, 1.165) is 90.4 Å². The van der Waals surface area contributed by atoms with Gasteiger partial charge in [0, 0.05) is 66.6 Å². The highest BCUT2D eigenvalue weighted by Gasteiger charge is 2.41. The molecular weight excluding hydrogens is 376 g/mol. The minimum absolute atomic E-state index is 1.04. The van der Waals surface area contributed by atoms with E-state index in [1.54, 1.807) is 0 Å². The van der Waals surface area contributed by atoms with Crippen molar-refractivity contribution < 1.29 is 13.0 Å². The van der Waals surface area contributed by atoms with Gasteiger partial charge in [0.2, 0.25) is 0 Å². The Hall–Kier alpha value is 0.154. The molecule has 2 unspecified atom stereocenters. The monoisotopic (exact) mass is 418 g/mol. The zero-order valence-electron chi connectivity index (χ0n) is 18.0. The van der Waals surface area contributed by atoms with Gasteiger partial charge >= 0.3 is 17.1 Å². The van der Waals surface area contributed by atoms with Crippen LogP contribution < -0.4 is 10.6 Å². The number of piperazine rings is 2. The molecule has 2 rings (SSSR count). The second-order valence-corrected chi connectivity index (χ2v) is 15.3. The quantitative estimate of drug-likeness (QED) is 0.459. The largest absolute Gasteiger partial charge is 0.415 e. The van der Waals surface area contributed by atoms with Crippen LogP contribution in [0.5, 0.6) is 0 Å². The van der Waals surface area contributed by atoms with Gasteiger partial charge in [-0.25, -0.2) is 0 Å². The molecule has 0 amide bonds. The Labute approximate surface area is 168 Å². The van der Waals surface area contributed by atoms with E-state index in [1.807, 2.05) is 14.2 Å². The van der Waals surface area contributed by atoms with Crippen LogP contribution in [0.3, 0.4) is 0 Å². The highest BCUT2D eigenvalue weighted by Crippen LogP contribution is 2.25. The second-order valence-electron chi connectivity index (χ2n) is 8.17. The third-order valence-corrected chi connectivity index (χ3v) is 13.6. The second kappa shape index (κ2) is 12.0. The number of hydrogen-bond acceptors (Lipinski definition) is 7. The standard InChI is InChI=1S/C18H42N4O3Si2/c1-23-26(3,17-5-11-21-13-7-19-8-14-21)25-27(4,24-2)18-6-12-22-15-9-20-10-16-22/h19-20H,5-18H2,1-4H3. The molecule has 0 aromatic heterocycles. The van der Waals surface area contributed by atoms with Crippen molar-refractivity contribution in [2.24, 2.45) is 0 Å². The van der Waals surface area contributed by atoms with Gasteiger partial charge in [-0.2, -0.15) is 0 Å². The highest BCUT2D eigenvalue weighted by atomic mass is 28.5. The predicted octanol–water partition coefficient (Wildman–Crippen LogP) is 1.03. The van der Waals surface area contributed by atoms with E-state index < -0.39 is 17.1 Å². The van der Waals surface area contributed by atoms with Crippen molar-refractivity contribution in [2.45, 2.75) is 38.0 Å². The van der Waals surface area contributed by atoms with Gasteiger partial charge in [0.05, 0.1) is 0 Å². The van der Waals surface area contributed by atoms with E-state index in [9.17, 15) is 0 Å². The summed E-state index contributed by atoms with van der Waals surface area (Å²) in [5.74, 6) is 0. The lowest BCUT2D eigenvalue weighted by molar-refractivity contribution is 0.219. The molecule has 2 atom stereocenters. The Morgan fingerprint density at radius 3 is 1.41 bits per heavy atom. The Kier molecular flexibility index (Phi) is 10.4. The SMILES string of the molecule is CO[Si](C)(CCCN1CCNCC1)O[Si](C)(CCCN1CCNCC1)OC. The molecule has 0 saturated carbocycles. The summed E-state index contributed by atoms with van der Waals surface area (Å²) >= 11 is 0. The Morgan fingerprint density at radius 2 is 1.07 bits per heavy atom. The van der Waals surface area contributed by atoms with Crippen LogP contribution in [0.25, 0.3) is 0 Å². The van der Waals surface area contributed by atoms with E-state index in [1.165, 1.54) is 0 Å². The first kappa shape index (κ1) is 23.4. The van der Waals surface area contributed by atoms with Crippen LogP contribution in [-0.2, 0) is 13.0 Å². The van der Waals surface area contributed by atoms with Gasteiger partial charge < -0.3 is 33.4 Å². The molecule has 0 spiro atoms. The molecule has 0 aliphatic carbocycles. The van der Waals surface area contributed by atoms with Crippen molar-refractivity contribution in [3.63, 3.8) is 0 Å². The smallest absolute Gasteiger partial charge is 0.325 e. The Balaban J connectivity index is 1.74. The summed E-state index contributed by atoms with van der Waals surface area (Å²) < 4.78 is 18.6. The molecule has 2 fully saturated rings. The maximum absolute atomic E-state index is 6.67. The minimum atomic E-state index is -2.18. The molecular formula is C18H42N4O3Si2. The fourth-order valence-electron chi connectivity index (χ4n) is 3.96. The zero-order chi connectivity index (χ0) is 19.6. The van der Waals surface area contributed by atoms with Crippen molar-refractivity contribution in [2.75, 3.05) is 79.7 Å². The van der Waals surface area contributed by atoms with Crippen molar-refractivity contribution in [1.82, 2.24) is 20.4 Å². The van der Waals surface area contributed by atoms with Crippen LogP contribution in [0.2, 0.25) is 25.2 Å². The molecule has 160 valence electrons. The highest BCUT2D eigenvalue weighted by molar-refractivity contribution is 6.80. The number of rotatable bonds is 12. The molecule has 0 aromatic carbocycles. The lowest BCUT2D eigenvalue weighted by atomic mass is 10.3. The number of hydrogen-bond donors (Lipinski definition) is 2. The summed E-state index contributed by atoms with van der Waals surface area (Å²) in [6.07, 6.45) is 2.29. The summed E-state index contributed by atoms with van der Waals surface area (Å²) in [5, 5.41) is 6.83. The van der Waals surface area contributed by atoms with E-state index in [4.69, 9.17) is 13.0 Å². The third kappa shape index (κ3) is 8.59. The van der Waals surface area contributed by atoms with Crippen molar-refractivity contribution in [1.29, 1.82) is 0 Å². The van der Waals surface area contributed by atoms with Gasteiger partial charge in [-0.15, -0.1) is 0 Å². The van der Waals surface area contributed by atoms with Gasteiger partial charge in [-0.05, 0) is 51.1 Å². The van der Waals surface area contributed by atoms with Crippen molar-refractivity contribution >= 4 is 17.1 Å². The zero-order valence-corrected chi connectivity index (χ0v) is 20.0. The fraction of sp³-hybridized carbons (Fsp3) is 1.00. The van der Waals surface area contributed by atoms with Gasteiger partial charge in [0.25, 0.3) is 0 Å². The lowest BCUT2D eigenvalue weighted by Gasteiger charge is -2.36. The fourth-order valence-corrected chi connectivity index (χ4v) is 11.1. The molecule has 2 heterocycles. The van der Waals surface area contributed by atoms with Crippen LogP contribution >= 0.6 is 0 Å². The first-order valence-corrected chi connectivity index (χ1v) is 15.7. The van der Waals surface area contributed by atoms with E-state index >= 15 is 0 Å². The summed E-state index contributed by atoms with van der Waals surface area (Å²) in [4.78, 5) is 5.09. The Bertz CT molecular complexity index is 376. The van der Waals surface area contributed by atoms with Crippen LogP contribution in [-0.4, -0.2) is 107 Å². The first-order chi connectivity index (χ1) is 13.0. The van der Waals surface area contributed by atoms with Gasteiger partial charge in [-0.3, -0.25) is 0 Å². The van der Waals surface area contributed by atoms with E-state index in [0.29, 0.717) is 0 Å². The molecule has 2 saturated heterocycles. The van der Waals surface area contributed by atoms with Gasteiger partial charge in [0.1, 0.15) is 0 Å². The van der Waals surface area contributed by atoms with Crippen LogP contribution in [0.1, 0.15) is 12.8 Å². The average Bonchev–Trinajstić information content (AvgIpc) is 2.69. The minimum Gasteiger partial charge on any atom is -0.415 e. The molecule has 9 heteroatoms. The molecule has 2 aliphatic heterocycles. The summed E-state index contributed by atoms with van der Waals surface area (Å²) in [5.41, 5.74) is 0. The van der Waals surface area contributed by atoms with Crippen LogP contribution in [0, 0.1) is 0 Å². The third-order valence-electron chi connectivity index (χ3n) is 5.93. The van der Waals surface area contributed by atoms with Gasteiger partial charge in [0.15, 0.2) is 0 Å². The number of nitrogens with zero attached hydrogens (tertiary/aromatic N) is 2. The Morgan fingerprint density at radius 1 is 0.704 bits per heavy atom. The molecule has 0 bridgehead atoms. The molecule has 2 N–H and O–H groups in total. The molecule has 2 aliphatic rings. The first-order valence-electron chi connectivity index (χ1n) is 10.7. The topological polar surface area (TPSA) is 58.2 Å². The van der Waals surface area contributed by atoms with Crippen LogP contribution in [0.15, 0.2) is 0 Å². The molecule has 0 aromatic rings. The molecule has 7 nitrogen and oxygen atoms in total. The number of nitrogens with one attached hydrogen (secondary N) is 2. The van der Waals surface area contributed by atoms with Gasteiger partial charge in [-0.1, -0.05) is 0 Å². The van der Waals surface area contributed by atoms with Crippen LogP contribution in [0.4, 0.5) is 0 Å². The molecule has 27 heavy (non-hydrogen) atoms. The predicted molar refractivity (Wildman–Crippen MR) is 116 cm³/mol. The molecule has 0 radical (unpaired) electrons. The van der Waals surface area contributed by atoms with E-state index in [-0.39, 0.29) is 0 Å². The average molecular weight is 419 g/mol. The van der Waals surface area contributed by atoms with Crippen molar-refractivity contribution in [3.8, 4) is 0 Å². The maximum Gasteiger partial charge on any atom is 0.325 e. The van der Waals surface area contributed by atoms with Crippen molar-refractivity contribution in [3.05, 3.63) is 0 Å². The maximum atomic E-state index is 6.67. The summed E-state index contributed by atoms with van der Waals surface area (Å²) in [6, 6.07) is 2.08.